The van der Waals surface area contributed by atoms with Crippen LogP contribution in [0.25, 0.3) is 0 Å². The number of hydrogen-bond acceptors (Lipinski definition) is 5. The van der Waals surface area contributed by atoms with Gasteiger partial charge in [0, 0.05) is 58.7 Å². The van der Waals surface area contributed by atoms with Crippen molar-refractivity contribution in [1.29, 1.82) is 0 Å². The maximum Gasteiger partial charge on any atom is 0.244 e. The predicted octanol–water partition coefficient (Wildman–Crippen LogP) is 1.13. The second-order valence-electron chi connectivity index (χ2n) is 7.15. The monoisotopic (exact) mass is 354 g/mol. The first kappa shape index (κ1) is 17.2. The Labute approximate surface area is 154 Å². The molecule has 26 heavy (non-hydrogen) atoms. The van der Waals surface area contributed by atoms with Crippen LogP contribution >= 0.6 is 0 Å². The molecule has 0 N–H and O–H groups in total. The second-order valence-corrected chi connectivity index (χ2v) is 7.15. The SMILES string of the molecule is Cn1cc(N2CCCC(N3CCN(Cc4ccccn4)CC3)C2=O)cn1. The van der Waals surface area contributed by atoms with Crippen molar-refractivity contribution in [3.8, 4) is 0 Å². The Hall–Kier alpha value is -2.25. The van der Waals surface area contributed by atoms with Gasteiger partial charge in [0.25, 0.3) is 0 Å². The van der Waals surface area contributed by atoms with Crippen LogP contribution < -0.4 is 4.90 Å². The third-order valence-corrected chi connectivity index (χ3v) is 5.37. The summed E-state index contributed by atoms with van der Waals surface area (Å²) < 4.78 is 1.75. The van der Waals surface area contributed by atoms with Gasteiger partial charge in [-0.1, -0.05) is 6.07 Å². The maximum absolute atomic E-state index is 13.0. The average molecular weight is 354 g/mol. The molecule has 1 unspecified atom stereocenters. The second kappa shape index (κ2) is 7.55. The molecule has 2 fully saturated rings. The van der Waals surface area contributed by atoms with Gasteiger partial charge in [-0.05, 0) is 25.0 Å². The van der Waals surface area contributed by atoms with E-state index in [-0.39, 0.29) is 11.9 Å². The van der Waals surface area contributed by atoms with Gasteiger partial charge >= 0.3 is 0 Å². The van der Waals surface area contributed by atoms with E-state index in [0.717, 1.165) is 63.5 Å². The van der Waals surface area contributed by atoms with Crippen molar-refractivity contribution < 1.29 is 4.79 Å². The minimum absolute atomic E-state index is 0.000886. The fourth-order valence-corrected chi connectivity index (χ4v) is 3.95. The molecule has 0 spiro atoms. The first-order chi connectivity index (χ1) is 12.7. The van der Waals surface area contributed by atoms with Crippen LogP contribution in [0.15, 0.2) is 36.8 Å². The van der Waals surface area contributed by atoms with Gasteiger partial charge in [0.05, 0.1) is 23.6 Å². The number of rotatable bonds is 4. The number of anilines is 1. The molecule has 0 radical (unpaired) electrons. The van der Waals surface area contributed by atoms with E-state index in [9.17, 15) is 4.79 Å². The summed E-state index contributed by atoms with van der Waals surface area (Å²) in [5.41, 5.74) is 2.02. The van der Waals surface area contributed by atoms with Gasteiger partial charge in [-0.2, -0.15) is 5.10 Å². The molecule has 4 heterocycles. The van der Waals surface area contributed by atoms with E-state index in [1.807, 2.05) is 36.5 Å². The highest BCUT2D eigenvalue weighted by Gasteiger charge is 2.35. The highest BCUT2D eigenvalue weighted by atomic mass is 16.2. The van der Waals surface area contributed by atoms with Crippen LogP contribution in [0.3, 0.4) is 0 Å². The lowest BCUT2D eigenvalue weighted by Crippen LogP contribution is -2.57. The fraction of sp³-hybridized carbons (Fsp3) is 0.526. The van der Waals surface area contributed by atoms with Crippen molar-refractivity contribution in [2.45, 2.75) is 25.4 Å². The Balaban J connectivity index is 1.35. The molecule has 7 nitrogen and oxygen atoms in total. The van der Waals surface area contributed by atoms with Crippen LogP contribution in [0.4, 0.5) is 5.69 Å². The standard InChI is InChI=1S/C19H26N6O/c1-22-15-17(13-21-22)25-8-4-6-18(19(25)26)24-11-9-23(10-12-24)14-16-5-2-3-7-20-16/h2-3,5,7,13,15,18H,4,6,8-12,14H2,1H3. The summed E-state index contributed by atoms with van der Waals surface area (Å²) in [4.78, 5) is 24.1. The van der Waals surface area contributed by atoms with Crippen molar-refractivity contribution in [3.63, 3.8) is 0 Å². The van der Waals surface area contributed by atoms with Gasteiger partial charge in [0.15, 0.2) is 0 Å². The van der Waals surface area contributed by atoms with Gasteiger partial charge in [-0.15, -0.1) is 0 Å². The zero-order valence-corrected chi connectivity index (χ0v) is 15.3. The Morgan fingerprint density at radius 2 is 2.00 bits per heavy atom. The van der Waals surface area contributed by atoms with Crippen molar-refractivity contribution in [2.75, 3.05) is 37.6 Å². The summed E-state index contributed by atoms with van der Waals surface area (Å²) in [6, 6.07) is 6.06. The molecule has 2 aromatic heterocycles. The molecule has 2 aliphatic rings. The van der Waals surface area contributed by atoms with Gasteiger partial charge in [-0.3, -0.25) is 24.3 Å². The van der Waals surface area contributed by atoms with E-state index in [2.05, 4.69) is 25.9 Å². The van der Waals surface area contributed by atoms with Gasteiger partial charge in [0.1, 0.15) is 0 Å². The van der Waals surface area contributed by atoms with Crippen LogP contribution in [0.1, 0.15) is 18.5 Å². The number of piperazine rings is 1. The van der Waals surface area contributed by atoms with Gasteiger partial charge in [0.2, 0.25) is 5.91 Å². The van der Waals surface area contributed by atoms with E-state index in [0.29, 0.717) is 0 Å². The third kappa shape index (κ3) is 3.64. The molecular weight excluding hydrogens is 328 g/mol. The summed E-state index contributed by atoms with van der Waals surface area (Å²) in [5, 5.41) is 4.21. The highest BCUT2D eigenvalue weighted by molar-refractivity contribution is 5.97. The Morgan fingerprint density at radius 3 is 2.69 bits per heavy atom. The first-order valence-electron chi connectivity index (χ1n) is 9.37. The van der Waals surface area contributed by atoms with Crippen LogP contribution in [-0.2, 0) is 18.4 Å². The molecule has 1 amide bonds. The van der Waals surface area contributed by atoms with Crippen LogP contribution in [0.5, 0.6) is 0 Å². The van der Waals surface area contributed by atoms with Crippen LogP contribution in [0.2, 0.25) is 0 Å². The number of carbonyl (C=O) groups is 1. The maximum atomic E-state index is 13.0. The summed E-state index contributed by atoms with van der Waals surface area (Å²) in [7, 11) is 1.89. The molecule has 4 rings (SSSR count). The highest BCUT2D eigenvalue weighted by Crippen LogP contribution is 2.24. The van der Waals surface area contributed by atoms with Crippen molar-refractivity contribution in [2.24, 2.45) is 7.05 Å². The average Bonchev–Trinajstić information content (AvgIpc) is 3.10. The number of amides is 1. The van der Waals surface area contributed by atoms with E-state index < -0.39 is 0 Å². The minimum Gasteiger partial charge on any atom is -0.308 e. The van der Waals surface area contributed by atoms with Gasteiger partial charge < -0.3 is 4.90 Å². The molecule has 0 aromatic carbocycles. The summed E-state index contributed by atoms with van der Waals surface area (Å²) >= 11 is 0. The molecule has 0 bridgehead atoms. The molecule has 1 atom stereocenters. The van der Waals surface area contributed by atoms with Crippen molar-refractivity contribution in [3.05, 3.63) is 42.5 Å². The summed E-state index contributed by atoms with van der Waals surface area (Å²) in [5.74, 6) is 0.224. The zero-order chi connectivity index (χ0) is 17.9. The molecule has 2 saturated heterocycles. The summed E-state index contributed by atoms with van der Waals surface area (Å²) in [6.45, 7) is 5.50. The van der Waals surface area contributed by atoms with E-state index in [1.165, 1.54) is 0 Å². The predicted molar refractivity (Wildman–Crippen MR) is 99.7 cm³/mol. The normalized spacial score (nSPS) is 22.7. The number of nitrogens with zero attached hydrogens (tertiary/aromatic N) is 6. The molecular formula is C19H26N6O. The molecule has 7 heteroatoms. The van der Waals surface area contributed by atoms with Gasteiger partial charge in [-0.25, -0.2) is 0 Å². The number of hydrogen-bond donors (Lipinski definition) is 0. The molecule has 0 aliphatic carbocycles. The number of aryl methyl sites for hydroxylation is 1. The number of pyridine rings is 1. The number of carbonyl (C=O) groups excluding carboxylic acids is 1. The zero-order valence-electron chi connectivity index (χ0n) is 15.3. The van der Waals surface area contributed by atoms with Crippen molar-refractivity contribution in [1.82, 2.24) is 24.6 Å². The first-order valence-corrected chi connectivity index (χ1v) is 9.37. The van der Waals surface area contributed by atoms with E-state index in [1.54, 1.807) is 10.9 Å². The fourth-order valence-electron chi connectivity index (χ4n) is 3.95. The van der Waals surface area contributed by atoms with Crippen molar-refractivity contribution >= 4 is 11.6 Å². The lowest BCUT2D eigenvalue weighted by Gasteiger charge is -2.42. The quantitative estimate of drug-likeness (QED) is 0.824. The van der Waals surface area contributed by atoms with E-state index >= 15 is 0 Å². The largest absolute Gasteiger partial charge is 0.308 e. The molecule has 138 valence electrons. The van der Waals surface area contributed by atoms with Crippen LogP contribution in [-0.4, -0.2) is 69.2 Å². The molecule has 0 saturated carbocycles. The minimum atomic E-state index is 0.000886. The Kier molecular flexibility index (Phi) is 4.99. The number of aromatic nitrogens is 3. The summed E-state index contributed by atoms with van der Waals surface area (Å²) in [6.07, 6.45) is 7.55. The third-order valence-electron chi connectivity index (χ3n) is 5.37. The smallest absolute Gasteiger partial charge is 0.244 e. The Bertz CT molecular complexity index is 737. The number of piperidine rings is 1. The lowest BCUT2D eigenvalue weighted by atomic mass is 10.0. The molecule has 2 aromatic rings. The lowest BCUT2D eigenvalue weighted by molar-refractivity contribution is -0.126. The molecule has 2 aliphatic heterocycles. The Morgan fingerprint density at radius 1 is 1.15 bits per heavy atom. The van der Waals surface area contributed by atoms with Crippen LogP contribution in [0, 0.1) is 0 Å². The van der Waals surface area contributed by atoms with E-state index in [4.69, 9.17) is 0 Å². The topological polar surface area (TPSA) is 57.5 Å².